The number of anilines is 1. The average molecular weight is 336 g/mol. The van der Waals surface area contributed by atoms with Crippen molar-refractivity contribution in [1.29, 1.82) is 0 Å². The molecule has 2 rings (SSSR count). The van der Waals surface area contributed by atoms with E-state index in [2.05, 4.69) is 15.0 Å². The van der Waals surface area contributed by atoms with Crippen LogP contribution in [0.2, 0.25) is 10.0 Å². The smallest absolute Gasteiger partial charge is 0.242 e. The lowest BCUT2D eigenvalue weighted by atomic mass is 10.3. The van der Waals surface area contributed by atoms with Crippen LogP contribution in [0.5, 0.6) is 0 Å². The normalized spacial score (nSPS) is 11.7. The molecule has 108 valence electrons. The number of nitrogens with zero attached hydrogens (tertiary/aromatic N) is 3. The predicted molar refractivity (Wildman–Crippen MR) is 76.1 cm³/mol. The van der Waals surface area contributed by atoms with Crippen molar-refractivity contribution in [2.45, 2.75) is 11.4 Å². The van der Waals surface area contributed by atoms with Crippen molar-refractivity contribution < 1.29 is 8.42 Å². The molecule has 1 aromatic heterocycles. The van der Waals surface area contributed by atoms with Crippen LogP contribution in [0, 0.1) is 0 Å². The van der Waals surface area contributed by atoms with E-state index in [4.69, 9.17) is 28.9 Å². The molecule has 0 fully saturated rings. The van der Waals surface area contributed by atoms with Gasteiger partial charge in [-0.15, -0.1) is 5.10 Å². The van der Waals surface area contributed by atoms with Crippen molar-refractivity contribution >= 4 is 38.9 Å². The van der Waals surface area contributed by atoms with Crippen LogP contribution in [0.3, 0.4) is 0 Å². The molecule has 0 aliphatic carbocycles. The number of hydrogen-bond acceptors (Lipinski definition) is 5. The van der Waals surface area contributed by atoms with Crippen LogP contribution in [0.15, 0.2) is 29.4 Å². The number of hydrogen-bond donors (Lipinski definition) is 2. The first-order valence-corrected chi connectivity index (χ1v) is 7.73. The molecule has 1 heterocycles. The summed E-state index contributed by atoms with van der Waals surface area (Å²) in [5, 5.41) is 7.45. The minimum Gasteiger partial charge on any atom is -0.396 e. The molecular weight excluding hydrogens is 325 g/mol. The Labute approximate surface area is 125 Å². The number of sulfonamides is 1. The van der Waals surface area contributed by atoms with Crippen molar-refractivity contribution in [3.8, 4) is 0 Å². The summed E-state index contributed by atoms with van der Waals surface area (Å²) in [4.78, 5) is -0.111. The van der Waals surface area contributed by atoms with E-state index in [9.17, 15) is 8.42 Å². The first-order chi connectivity index (χ1) is 9.42. The summed E-state index contributed by atoms with van der Waals surface area (Å²) in [5.41, 5.74) is 5.64. The zero-order chi connectivity index (χ0) is 14.8. The van der Waals surface area contributed by atoms with E-state index >= 15 is 0 Å². The Morgan fingerprint density at radius 1 is 1.35 bits per heavy atom. The molecule has 0 atom stereocenters. The highest BCUT2D eigenvalue weighted by molar-refractivity contribution is 7.89. The highest BCUT2D eigenvalue weighted by Gasteiger charge is 2.20. The summed E-state index contributed by atoms with van der Waals surface area (Å²) < 4.78 is 28.1. The molecule has 3 N–H and O–H groups in total. The molecular formula is C10H11Cl2N5O2S. The monoisotopic (exact) mass is 335 g/mol. The van der Waals surface area contributed by atoms with Gasteiger partial charge in [0.25, 0.3) is 0 Å². The number of rotatable bonds is 5. The minimum absolute atomic E-state index is 0.0347. The van der Waals surface area contributed by atoms with E-state index < -0.39 is 10.0 Å². The van der Waals surface area contributed by atoms with Crippen LogP contribution in [0.4, 0.5) is 5.69 Å². The Morgan fingerprint density at radius 2 is 2.10 bits per heavy atom. The highest BCUT2D eigenvalue weighted by Crippen LogP contribution is 2.32. The fourth-order valence-corrected chi connectivity index (χ4v) is 3.27. The maximum absolute atomic E-state index is 12.1. The van der Waals surface area contributed by atoms with Crippen LogP contribution in [0.1, 0.15) is 0 Å². The summed E-state index contributed by atoms with van der Waals surface area (Å²) in [6.07, 6.45) is 3.13. The van der Waals surface area contributed by atoms with E-state index in [0.717, 1.165) is 0 Å². The van der Waals surface area contributed by atoms with Crippen molar-refractivity contribution in [2.75, 3.05) is 12.3 Å². The molecule has 0 bridgehead atoms. The number of aromatic nitrogens is 3. The van der Waals surface area contributed by atoms with Gasteiger partial charge in [0.05, 0.1) is 28.5 Å². The molecule has 2 aromatic rings. The third-order valence-electron chi connectivity index (χ3n) is 2.49. The summed E-state index contributed by atoms with van der Waals surface area (Å²) in [7, 11) is -3.77. The molecule has 1 aromatic carbocycles. The lowest BCUT2D eigenvalue weighted by Crippen LogP contribution is -2.28. The quantitative estimate of drug-likeness (QED) is 0.797. The molecule has 0 spiro atoms. The van der Waals surface area contributed by atoms with Crippen LogP contribution < -0.4 is 10.5 Å². The van der Waals surface area contributed by atoms with Gasteiger partial charge in [0.15, 0.2) is 0 Å². The van der Waals surface area contributed by atoms with Gasteiger partial charge in [-0.05, 0) is 12.1 Å². The largest absolute Gasteiger partial charge is 0.396 e. The Balaban J connectivity index is 2.12. The summed E-state index contributed by atoms with van der Waals surface area (Å²) in [6.45, 7) is 0.491. The van der Waals surface area contributed by atoms with Gasteiger partial charge in [0.1, 0.15) is 4.90 Å². The lowest BCUT2D eigenvalue weighted by Gasteiger charge is -2.10. The van der Waals surface area contributed by atoms with Gasteiger partial charge in [-0.25, -0.2) is 13.1 Å². The Kier molecular flexibility index (Phi) is 4.48. The van der Waals surface area contributed by atoms with Crippen molar-refractivity contribution in [3.05, 3.63) is 34.6 Å². The van der Waals surface area contributed by atoms with Gasteiger partial charge in [0.2, 0.25) is 10.0 Å². The topological polar surface area (TPSA) is 103 Å². The Hall–Kier alpha value is -1.35. The summed E-state index contributed by atoms with van der Waals surface area (Å²) >= 11 is 11.7. The maximum atomic E-state index is 12.1. The second kappa shape index (κ2) is 5.96. The number of halogens is 2. The first-order valence-electron chi connectivity index (χ1n) is 5.49. The molecule has 0 radical (unpaired) electrons. The average Bonchev–Trinajstić information content (AvgIpc) is 2.88. The van der Waals surface area contributed by atoms with Gasteiger partial charge >= 0.3 is 0 Å². The van der Waals surface area contributed by atoms with Gasteiger partial charge in [-0.2, -0.15) is 0 Å². The molecule has 0 saturated heterocycles. The zero-order valence-corrected chi connectivity index (χ0v) is 12.5. The number of nitrogen functional groups attached to an aromatic ring is 1. The van der Waals surface area contributed by atoms with Crippen molar-refractivity contribution in [3.63, 3.8) is 0 Å². The van der Waals surface area contributed by atoms with Crippen LogP contribution in [-0.2, 0) is 16.6 Å². The second-order valence-electron chi connectivity index (χ2n) is 3.84. The molecule has 0 amide bonds. The third kappa shape index (κ3) is 3.21. The summed E-state index contributed by atoms with van der Waals surface area (Å²) in [5.74, 6) is 0. The molecule has 0 unspecified atom stereocenters. The van der Waals surface area contributed by atoms with Crippen molar-refractivity contribution in [1.82, 2.24) is 19.7 Å². The molecule has 0 saturated carbocycles. The minimum atomic E-state index is -3.77. The van der Waals surface area contributed by atoms with E-state index in [1.165, 1.54) is 23.0 Å². The maximum Gasteiger partial charge on any atom is 0.242 e. The fraction of sp³-hybridized carbons (Fsp3) is 0.200. The molecule has 7 nitrogen and oxygen atoms in total. The predicted octanol–water partition coefficient (Wildman–Crippen LogP) is 1.15. The molecule has 20 heavy (non-hydrogen) atoms. The zero-order valence-electron chi connectivity index (χ0n) is 10.1. The SMILES string of the molecule is Nc1c(Cl)ccc(S(=O)(=O)NCCn2ccnn2)c1Cl. The Bertz CT molecular complexity index is 703. The standard InChI is InChI=1S/C10H11Cl2N5O2S/c11-7-1-2-8(9(12)10(7)13)20(18,19)15-4-6-17-5-3-14-16-17/h1-3,5,15H,4,6,13H2. The summed E-state index contributed by atoms with van der Waals surface area (Å²) in [6, 6.07) is 2.69. The van der Waals surface area contributed by atoms with Gasteiger partial charge in [0, 0.05) is 12.7 Å². The van der Waals surface area contributed by atoms with Crippen LogP contribution in [-0.4, -0.2) is 30.0 Å². The highest BCUT2D eigenvalue weighted by atomic mass is 35.5. The fourth-order valence-electron chi connectivity index (χ4n) is 1.48. The number of nitrogens with two attached hydrogens (primary N) is 1. The number of benzene rings is 1. The van der Waals surface area contributed by atoms with Gasteiger partial charge in [-0.3, -0.25) is 4.68 Å². The molecule has 0 aliphatic rings. The van der Waals surface area contributed by atoms with E-state index in [-0.39, 0.29) is 27.2 Å². The van der Waals surface area contributed by atoms with E-state index in [1.807, 2.05) is 0 Å². The van der Waals surface area contributed by atoms with Crippen LogP contribution >= 0.6 is 23.2 Å². The van der Waals surface area contributed by atoms with Crippen molar-refractivity contribution in [2.24, 2.45) is 0 Å². The van der Waals surface area contributed by atoms with E-state index in [0.29, 0.717) is 6.54 Å². The molecule has 0 aliphatic heterocycles. The van der Waals surface area contributed by atoms with E-state index in [1.54, 1.807) is 6.20 Å². The second-order valence-corrected chi connectivity index (χ2v) is 6.36. The first kappa shape index (κ1) is 15.0. The lowest BCUT2D eigenvalue weighted by molar-refractivity contribution is 0.553. The van der Waals surface area contributed by atoms with Gasteiger partial charge in [-0.1, -0.05) is 28.4 Å². The molecule has 10 heteroatoms. The Morgan fingerprint density at radius 3 is 2.75 bits per heavy atom. The number of nitrogens with one attached hydrogen (secondary N) is 1. The third-order valence-corrected chi connectivity index (χ3v) is 4.84. The van der Waals surface area contributed by atoms with Crippen LogP contribution in [0.25, 0.3) is 0 Å². The van der Waals surface area contributed by atoms with Gasteiger partial charge < -0.3 is 5.73 Å².